The van der Waals surface area contributed by atoms with Crippen molar-refractivity contribution in [1.82, 2.24) is 9.55 Å². The summed E-state index contributed by atoms with van der Waals surface area (Å²) >= 11 is 0. The summed E-state index contributed by atoms with van der Waals surface area (Å²) < 4.78 is 91.4. The third kappa shape index (κ3) is 4.58. The quantitative estimate of drug-likeness (QED) is 0.630. The minimum Gasteiger partial charge on any atom is -0.325 e. The first-order chi connectivity index (χ1) is 13.8. The van der Waals surface area contributed by atoms with Gasteiger partial charge in [0.15, 0.2) is 0 Å². The van der Waals surface area contributed by atoms with Crippen molar-refractivity contribution in [2.24, 2.45) is 0 Å². The minimum atomic E-state index is -5.08. The van der Waals surface area contributed by atoms with E-state index in [0.717, 1.165) is 23.0 Å². The van der Waals surface area contributed by atoms with Crippen LogP contribution >= 0.6 is 0 Å². The molecule has 0 aliphatic rings. The van der Waals surface area contributed by atoms with E-state index in [9.17, 15) is 40.3 Å². The molecule has 0 atom stereocenters. The van der Waals surface area contributed by atoms with E-state index >= 15 is 0 Å². The highest BCUT2D eigenvalue weighted by atomic mass is 19.4. The van der Waals surface area contributed by atoms with E-state index in [2.05, 4.69) is 4.98 Å². The first kappa shape index (κ1) is 21.3. The Kier molecular flexibility index (Phi) is 5.27. The van der Waals surface area contributed by atoms with Crippen molar-refractivity contribution in [3.63, 3.8) is 0 Å². The van der Waals surface area contributed by atoms with E-state index in [0.29, 0.717) is 12.1 Å². The molecule has 12 heteroatoms. The summed E-state index contributed by atoms with van der Waals surface area (Å²) in [6.07, 6.45) is -9.20. The molecule has 158 valence electrons. The summed E-state index contributed by atoms with van der Waals surface area (Å²) in [7, 11) is 0. The Morgan fingerprint density at radius 1 is 0.967 bits per heavy atom. The van der Waals surface area contributed by atoms with E-state index in [4.69, 9.17) is 0 Å². The molecule has 1 heterocycles. The first-order valence-corrected chi connectivity index (χ1v) is 8.08. The second-order valence-corrected chi connectivity index (χ2v) is 6.18. The third-order valence-electron chi connectivity index (χ3n) is 3.97. The van der Waals surface area contributed by atoms with Gasteiger partial charge in [-0.05, 0) is 36.4 Å². The maximum atomic E-state index is 13.3. The van der Waals surface area contributed by atoms with E-state index in [1.807, 2.05) is 5.32 Å². The zero-order chi connectivity index (χ0) is 22.3. The number of benzene rings is 2. The van der Waals surface area contributed by atoms with Crippen LogP contribution in [0, 0.1) is 5.82 Å². The number of fused-ring (bicyclic) bond motifs is 1. The van der Waals surface area contributed by atoms with Crippen molar-refractivity contribution in [3.8, 4) is 0 Å². The average molecular weight is 433 g/mol. The molecule has 0 saturated heterocycles. The standard InChI is InChI=1S/C18H10F7N3O2/c19-11-1-2-14-13(6-11)16(30)28(8-26-14)7-15(29)27-12-4-9(17(20,21)22)3-10(5-12)18(23,24)25/h1-6,8H,7H2,(H,27,29). The van der Waals surface area contributed by atoms with Crippen molar-refractivity contribution >= 4 is 22.5 Å². The van der Waals surface area contributed by atoms with Gasteiger partial charge in [0.1, 0.15) is 12.4 Å². The topological polar surface area (TPSA) is 64.0 Å². The highest BCUT2D eigenvalue weighted by Crippen LogP contribution is 2.37. The Labute approximate surface area is 162 Å². The fourth-order valence-electron chi connectivity index (χ4n) is 2.63. The number of aromatic nitrogens is 2. The van der Waals surface area contributed by atoms with Crippen LogP contribution < -0.4 is 10.9 Å². The molecule has 5 nitrogen and oxygen atoms in total. The lowest BCUT2D eigenvalue weighted by atomic mass is 10.1. The number of hydrogen-bond donors (Lipinski definition) is 1. The predicted octanol–water partition coefficient (Wildman–Crippen LogP) is 4.21. The largest absolute Gasteiger partial charge is 0.416 e. The SMILES string of the molecule is O=C(Cn1cnc2ccc(F)cc2c1=O)Nc1cc(C(F)(F)F)cc(C(F)(F)F)c1. The highest BCUT2D eigenvalue weighted by Gasteiger charge is 2.37. The number of halogens is 7. The fourth-order valence-corrected chi connectivity index (χ4v) is 2.63. The second kappa shape index (κ2) is 7.43. The monoisotopic (exact) mass is 433 g/mol. The maximum absolute atomic E-state index is 13.3. The maximum Gasteiger partial charge on any atom is 0.416 e. The van der Waals surface area contributed by atoms with Gasteiger partial charge in [0.25, 0.3) is 5.56 Å². The number of amides is 1. The van der Waals surface area contributed by atoms with Crippen molar-refractivity contribution in [1.29, 1.82) is 0 Å². The van der Waals surface area contributed by atoms with Gasteiger partial charge in [-0.3, -0.25) is 14.2 Å². The van der Waals surface area contributed by atoms with Crippen LogP contribution in [-0.2, 0) is 23.7 Å². The molecule has 0 spiro atoms. The summed E-state index contributed by atoms with van der Waals surface area (Å²) in [6, 6.07) is 3.78. The number of hydrogen-bond acceptors (Lipinski definition) is 3. The van der Waals surface area contributed by atoms with Crippen LogP contribution in [0.25, 0.3) is 10.9 Å². The number of nitrogens with zero attached hydrogens (tertiary/aromatic N) is 2. The van der Waals surface area contributed by atoms with Gasteiger partial charge in [-0.2, -0.15) is 26.3 Å². The number of anilines is 1. The molecule has 1 amide bonds. The Bertz CT molecular complexity index is 1150. The normalized spacial score (nSPS) is 12.2. The molecule has 3 aromatic rings. The summed E-state index contributed by atoms with van der Waals surface area (Å²) in [5.41, 5.74) is -4.63. The lowest BCUT2D eigenvalue weighted by molar-refractivity contribution is -0.143. The molecule has 0 radical (unpaired) electrons. The number of nitrogens with one attached hydrogen (secondary N) is 1. The fraction of sp³-hybridized carbons (Fsp3) is 0.167. The zero-order valence-corrected chi connectivity index (χ0v) is 14.6. The molecule has 2 aromatic carbocycles. The zero-order valence-electron chi connectivity index (χ0n) is 14.6. The van der Waals surface area contributed by atoms with Crippen LogP contribution in [0.1, 0.15) is 11.1 Å². The predicted molar refractivity (Wildman–Crippen MR) is 91.0 cm³/mol. The molecule has 30 heavy (non-hydrogen) atoms. The molecule has 1 N–H and O–H groups in total. The molecule has 0 fully saturated rings. The van der Waals surface area contributed by atoms with Gasteiger partial charge in [0, 0.05) is 5.69 Å². The molecule has 1 aromatic heterocycles. The van der Waals surface area contributed by atoms with Gasteiger partial charge in [-0.25, -0.2) is 9.37 Å². The van der Waals surface area contributed by atoms with E-state index in [1.165, 1.54) is 6.07 Å². The smallest absolute Gasteiger partial charge is 0.325 e. The number of carbonyl (C=O) groups excluding carboxylic acids is 1. The number of rotatable bonds is 3. The summed E-state index contributed by atoms with van der Waals surface area (Å²) in [5, 5.41) is 1.75. The van der Waals surface area contributed by atoms with Crippen LogP contribution in [-0.4, -0.2) is 15.5 Å². The molecule has 0 bridgehead atoms. The molecular weight excluding hydrogens is 423 g/mol. The van der Waals surface area contributed by atoms with Gasteiger partial charge in [0.2, 0.25) is 5.91 Å². The first-order valence-electron chi connectivity index (χ1n) is 8.08. The highest BCUT2D eigenvalue weighted by molar-refractivity contribution is 5.91. The molecule has 0 unspecified atom stereocenters. The van der Waals surface area contributed by atoms with E-state index in [1.54, 1.807) is 0 Å². The van der Waals surface area contributed by atoms with Gasteiger partial charge in [-0.1, -0.05) is 0 Å². The van der Waals surface area contributed by atoms with Crippen molar-refractivity contribution in [2.75, 3.05) is 5.32 Å². The van der Waals surface area contributed by atoms with Gasteiger partial charge in [-0.15, -0.1) is 0 Å². The number of alkyl halides is 6. The van der Waals surface area contributed by atoms with Crippen LogP contribution in [0.3, 0.4) is 0 Å². The van der Waals surface area contributed by atoms with E-state index < -0.39 is 53.0 Å². The lowest BCUT2D eigenvalue weighted by Crippen LogP contribution is -2.28. The van der Waals surface area contributed by atoms with Crippen LogP contribution in [0.4, 0.5) is 36.4 Å². The van der Waals surface area contributed by atoms with Crippen LogP contribution in [0.15, 0.2) is 47.5 Å². The van der Waals surface area contributed by atoms with Crippen LogP contribution in [0.2, 0.25) is 0 Å². The van der Waals surface area contributed by atoms with Crippen molar-refractivity contribution < 1.29 is 35.5 Å². The van der Waals surface area contributed by atoms with Gasteiger partial charge < -0.3 is 5.32 Å². The van der Waals surface area contributed by atoms with Gasteiger partial charge in [0.05, 0.1) is 28.4 Å². The lowest BCUT2D eigenvalue weighted by Gasteiger charge is -2.15. The molecule has 0 aliphatic carbocycles. The summed E-state index contributed by atoms with van der Waals surface area (Å²) in [4.78, 5) is 28.3. The molecule has 3 rings (SSSR count). The summed E-state index contributed by atoms with van der Waals surface area (Å²) in [6.45, 7) is -0.768. The number of carbonyl (C=O) groups is 1. The van der Waals surface area contributed by atoms with E-state index in [-0.39, 0.29) is 17.0 Å². The van der Waals surface area contributed by atoms with Crippen molar-refractivity contribution in [3.05, 3.63) is 70.0 Å². The Balaban J connectivity index is 1.90. The summed E-state index contributed by atoms with van der Waals surface area (Å²) in [5.74, 6) is -1.81. The second-order valence-electron chi connectivity index (χ2n) is 6.18. The Morgan fingerprint density at radius 3 is 2.13 bits per heavy atom. The Morgan fingerprint density at radius 2 is 1.57 bits per heavy atom. The molecule has 0 aliphatic heterocycles. The molecule has 0 saturated carbocycles. The van der Waals surface area contributed by atoms with Crippen LogP contribution in [0.5, 0.6) is 0 Å². The molecular formula is C18H10F7N3O2. The van der Waals surface area contributed by atoms with Crippen molar-refractivity contribution in [2.45, 2.75) is 18.9 Å². The third-order valence-corrected chi connectivity index (χ3v) is 3.97. The van der Waals surface area contributed by atoms with Gasteiger partial charge >= 0.3 is 12.4 Å². The average Bonchev–Trinajstić information content (AvgIpc) is 2.63. The Hall–Kier alpha value is -3.44. The minimum absolute atomic E-state index is 0.0814.